The van der Waals surface area contributed by atoms with E-state index in [1.807, 2.05) is 13.8 Å². The first-order chi connectivity index (χ1) is 5.16. The lowest BCUT2D eigenvalue weighted by atomic mass is 10.4. The quantitative estimate of drug-likeness (QED) is 0.515. The van der Waals surface area contributed by atoms with Crippen LogP contribution in [0.15, 0.2) is 0 Å². The molecular formula is C6H14N2O3. The molecule has 0 radical (unpaired) electrons. The number of nitrogens with two attached hydrogens (primary N) is 1. The van der Waals surface area contributed by atoms with E-state index in [0.717, 1.165) is 0 Å². The molecule has 0 aliphatic heterocycles. The maximum atomic E-state index is 10.3. The molecule has 66 valence electrons. The summed E-state index contributed by atoms with van der Waals surface area (Å²) in [7, 11) is 0. The second-order valence-corrected chi connectivity index (χ2v) is 1.39. The average Bonchev–Trinajstić information content (AvgIpc) is 1.91. The number of primary amides is 1. The molecule has 0 aromatic carbocycles. The summed E-state index contributed by atoms with van der Waals surface area (Å²) >= 11 is 0. The van der Waals surface area contributed by atoms with E-state index in [1.54, 1.807) is 5.32 Å². The minimum Gasteiger partial charge on any atom is -0.396 e. The van der Waals surface area contributed by atoms with E-state index in [1.165, 1.54) is 0 Å². The van der Waals surface area contributed by atoms with Gasteiger partial charge >= 0.3 is 6.03 Å². The van der Waals surface area contributed by atoms with Crippen LogP contribution in [0.4, 0.5) is 4.79 Å². The lowest BCUT2D eigenvalue weighted by Crippen LogP contribution is -2.35. The Kier molecular flexibility index (Phi) is 10.2. The molecule has 0 aliphatic carbocycles. The van der Waals surface area contributed by atoms with E-state index in [0.29, 0.717) is 0 Å². The van der Waals surface area contributed by atoms with Gasteiger partial charge in [-0.3, -0.25) is 10.1 Å². The summed E-state index contributed by atoms with van der Waals surface area (Å²) in [6.07, 6.45) is -0.0943. The van der Waals surface area contributed by atoms with E-state index in [2.05, 4.69) is 5.73 Å². The highest BCUT2D eigenvalue weighted by Gasteiger charge is 2.00. The van der Waals surface area contributed by atoms with Gasteiger partial charge in [-0.15, -0.1) is 0 Å². The molecule has 0 aromatic rings. The zero-order chi connectivity index (χ0) is 9.28. The van der Waals surface area contributed by atoms with Crippen molar-refractivity contribution in [2.24, 2.45) is 5.73 Å². The fourth-order valence-corrected chi connectivity index (χ4v) is 0.301. The Morgan fingerprint density at radius 1 is 1.45 bits per heavy atom. The van der Waals surface area contributed by atoms with Crippen LogP contribution in [-0.4, -0.2) is 23.7 Å². The number of amides is 3. The normalized spacial score (nSPS) is 7.55. The van der Waals surface area contributed by atoms with Crippen molar-refractivity contribution in [1.82, 2.24) is 5.32 Å². The molecule has 5 nitrogen and oxygen atoms in total. The Balaban J connectivity index is 0. The number of urea groups is 1. The number of imide groups is 1. The Hall–Kier alpha value is -1.10. The third kappa shape index (κ3) is 12.2. The van der Waals surface area contributed by atoms with Gasteiger partial charge in [0.2, 0.25) is 5.91 Å². The lowest BCUT2D eigenvalue weighted by molar-refractivity contribution is -0.120. The molecular weight excluding hydrogens is 148 g/mol. The van der Waals surface area contributed by atoms with Gasteiger partial charge in [-0.05, 0) is 0 Å². The van der Waals surface area contributed by atoms with Gasteiger partial charge in [0.05, 0.1) is 13.0 Å². The van der Waals surface area contributed by atoms with Crippen molar-refractivity contribution >= 4 is 11.9 Å². The van der Waals surface area contributed by atoms with Crippen molar-refractivity contribution in [3.8, 4) is 0 Å². The van der Waals surface area contributed by atoms with Crippen LogP contribution < -0.4 is 11.1 Å². The lowest BCUT2D eigenvalue weighted by Gasteiger charge is -1.95. The maximum Gasteiger partial charge on any atom is 0.318 e. The van der Waals surface area contributed by atoms with Crippen molar-refractivity contribution in [1.29, 1.82) is 0 Å². The highest BCUT2D eigenvalue weighted by atomic mass is 16.3. The van der Waals surface area contributed by atoms with Crippen molar-refractivity contribution in [2.45, 2.75) is 20.3 Å². The molecule has 0 spiro atoms. The van der Waals surface area contributed by atoms with E-state index >= 15 is 0 Å². The van der Waals surface area contributed by atoms with Gasteiger partial charge in [0, 0.05) is 0 Å². The molecule has 5 heteroatoms. The molecule has 0 saturated heterocycles. The van der Waals surface area contributed by atoms with E-state index in [9.17, 15) is 9.59 Å². The van der Waals surface area contributed by atoms with Crippen LogP contribution in [0.25, 0.3) is 0 Å². The third-order valence-electron chi connectivity index (χ3n) is 0.601. The number of hydrogen-bond donors (Lipinski definition) is 3. The average molecular weight is 162 g/mol. The van der Waals surface area contributed by atoms with Crippen LogP contribution in [0.3, 0.4) is 0 Å². The summed E-state index contributed by atoms with van der Waals surface area (Å²) in [5.74, 6) is -0.565. The van der Waals surface area contributed by atoms with Crippen molar-refractivity contribution in [2.75, 3.05) is 6.61 Å². The molecule has 11 heavy (non-hydrogen) atoms. The van der Waals surface area contributed by atoms with Crippen LogP contribution >= 0.6 is 0 Å². The first-order valence-electron chi connectivity index (χ1n) is 3.37. The Bertz CT molecular complexity index is 125. The standard InChI is InChI=1S/C4H8N2O3.C2H6/c5-4(9)6-3(8)1-2-7;1-2/h7H,1-2H2,(H3,5,6,8,9);1-2H3. The van der Waals surface area contributed by atoms with Gasteiger partial charge < -0.3 is 10.8 Å². The summed E-state index contributed by atoms with van der Waals surface area (Å²) < 4.78 is 0. The second-order valence-electron chi connectivity index (χ2n) is 1.39. The molecule has 0 fully saturated rings. The van der Waals surface area contributed by atoms with Gasteiger partial charge in [0.1, 0.15) is 0 Å². The van der Waals surface area contributed by atoms with Crippen molar-refractivity contribution in [3.63, 3.8) is 0 Å². The molecule has 0 bridgehead atoms. The predicted octanol–water partition coefficient (Wildman–Crippen LogP) is -0.410. The first-order valence-corrected chi connectivity index (χ1v) is 3.37. The molecule has 0 heterocycles. The summed E-state index contributed by atoms with van der Waals surface area (Å²) in [6.45, 7) is 3.72. The van der Waals surface area contributed by atoms with Crippen LogP contribution in [0, 0.1) is 0 Å². The maximum absolute atomic E-state index is 10.3. The Labute approximate surface area is 65.6 Å². The summed E-state index contributed by atoms with van der Waals surface area (Å²) in [5, 5.41) is 9.92. The predicted molar refractivity (Wildman–Crippen MR) is 40.8 cm³/mol. The second kappa shape index (κ2) is 8.90. The van der Waals surface area contributed by atoms with Crippen LogP contribution in [0.2, 0.25) is 0 Å². The largest absolute Gasteiger partial charge is 0.396 e. The summed E-state index contributed by atoms with van der Waals surface area (Å²) in [4.78, 5) is 20.2. The SMILES string of the molecule is CC.NC(=O)NC(=O)CCO. The van der Waals surface area contributed by atoms with Crippen LogP contribution in [0.1, 0.15) is 20.3 Å². The molecule has 4 N–H and O–H groups in total. The Morgan fingerprint density at radius 2 is 1.91 bits per heavy atom. The summed E-state index contributed by atoms with van der Waals surface area (Å²) in [5.41, 5.74) is 4.57. The van der Waals surface area contributed by atoms with Gasteiger partial charge in [0.15, 0.2) is 0 Å². The highest BCUT2D eigenvalue weighted by Crippen LogP contribution is 1.73. The smallest absolute Gasteiger partial charge is 0.318 e. The molecule has 0 aromatic heterocycles. The van der Waals surface area contributed by atoms with Gasteiger partial charge in [-0.25, -0.2) is 4.79 Å². The zero-order valence-corrected chi connectivity index (χ0v) is 6.76. The molecule has 0 atom stereocenters. The molecule has 0 saturated carbocycles. The Morgan fingerprint density at radius 3 is 2.18 bits per heavy atom. The number of carbonyl (C=O) groups excluding carboxylic acids is 2. The number of aliphatic hydroxyl groups excluding tert-OH is 1. The van der Waals surface area contributed by atoms with E-state index < -0.39 is 11.9 Å². The fourth-order valence-electron chi connectivity index (χ4n) is 0.301. The first kappa shape index (κ1) is 12.6. The molecule has 0 rings (SSSR count). The van der Waals surface area contributed by atoms with Gasteiger partial charge in [-0.2, -0.15) is 0 Å². The minimum atomic E-state index is -0.895. The number of carbonyl (C=O) groups is 2. The van der Waals surface area contributed by atoms with Gasteiger partial charge in [0.25, 0.3) is 0 Å². The topological polar surface area (TPSA) is 92.4 Å². The zero-order valence-electron chi connectivity index (χ0n) is 6.76. The fraction of sp³-hybridized carbons (Fsp3) is 0.667. The number of hydrogen-bond acceptors (Lipinski definition) is 3. The summed E-state index contributed by atoms with van der Waals surface area (Å²) in [6, 6.07) is -0.895. The van der Waals surface area contributed by atoms with E-state index in [-0.39, 0.29) is 13.0 Å². The van der Waals surface area contributed by atoms with E-state index in [4.69, 9.17) is 5.11 Å². The van der Waals surface area contributed by atoms with Gasteiger partial charge in [-0.1, -0.05) is 13.8 Å². The van der Waals surface area contributed by atoms with Crippen LogP contribution in [-0.2, 0) is 4.79 Å². The molecule has 3 amide bonds. The molecule has 0 aliphatic rings. The number of rotatable bonds is 2. The molecule has 0 unspecified atom stereocenters. The van der Waals surface area contributed by atoms with Crippen molar-refractivity contribution in [3.05, 3.63) is 0 Å². The monoisotopic (exact) mass is 162 g/mol. The highest BCUT2D eigenvalue weighted by molar-refractivity contribution is 5.93. The number of nitrogens with one attached hydrogen (secondary N) is 1. The minimum absolute atomic E-state index is 0.0943. The van der Waals surface area contributed by atoms with Crippen LogP contribution in [0.5, 0.6) is 0 Å². The van der Waals surface area contributed by atoms with Crippen molar-refractivity contribution < 1.29 is 14.7 Å². The third-order valence-corrected chi connectivity index (χ3v) is 0.601. The number of aliphatic hydroxyl groups is 1.